The molecule has 1 saturated heterocycles. The highest BCUT2D eigenvalue weighted by molar-refractivity contribution is 5.94. The minimum Gasteiger partial charge on any atom is -0.399 e. The quantitative estimate of drug-likeness (QED) is 0.847. The Hall–Kier alpha value is -2.82. The van der Waals surface area contributed by atoms with Crippen molar-refractivity contribution in [3.8, 4) is 0 Å². The highest BCUT2D eigenvalue weighted by atomic mass is 16.2. The third-order valence-electron chi connectivity index (χ3n) is 5.06. The summed E-state index contributed by atoms with van der Waals surface area (Å²) in [6.45, 7) is 4.52. The van der Waals surface area contributed by atoms with Crippen molar-refractivity contribution in [2.75, 3.05) is 31.9 Å². The maximum Gasteiger partial charge on any atom is 0.253 e. The molecule has 2 amide bonds. The lowest BCUT2D eigenvalue weighted by Gasteiger charge is -2.22. The molecular formula is C22H27N3O2. The van der Waals surface area contributed by atoms with Crippen molar-refractivity contribution in [1.29, 1.82) is 0 Å². The van der Waals surface area contributed by atoms with Crippen LogP contribution in [-0.4, -0.2) is 47.8 Å². The molecule has 0 saturated carbocycles. The number of rotatable bonds is 4. The van der Waals surface area contributed by atoms with Gasteiger partial charge in [0.05, 0.1) is 0 Å². The van der Waals surface area contributed by atoms with Gasteiger partial charge in [0.15, 0.2) is 0 Å². The van der Waals surface area contributed by atoms with Gasteiger partial charge in [-0.05, 0) is 43.5 Å². The summed E-state index contributed by atoms with van der Waals surface area (Å²) in [5.74, 6) is 0.174. The van der Waals surface area contributed by atoms with Crippen molar-refractivity contribution in [1.82, 2.24) is 9.80 Å². The van der Waals surface area contributed by atoms with E-state index in [1.165, 1.54) is 0 Å². The topological polar surface area (TPSA) is 66.6 Å². The molecule has 1 aliphatic rings. The van der Waals surface area contributed by atoms with E-state index in [2.05, 4.69) is 0 Å². The Kier molecular flexibility index (Phi) is 6.12. The van der Waals surface area contributed by atoms with Gasteiger partial charge in [-0.3, -0.25) is 9.59 Å². The number of benzene rings is 2. The molecule has 0 bridgehead atoms. The van der Waals surface area contributed by atoms with Crippen LogP contribution in [0.3, 0.4) is 0 Å². The number of amides is 2. The first-order valence-electron chi connectivity index (χ1n) is 9.51. The number of carbonyl (C=O) groups is 2. The zero-order chi connectivity index (χ0) is 19.2. The van der Waals surface area contributed by atoms with Crippen molar-refractivity contribution < 1.29 is 9.59 Å². The molecule has 0 radical (unpaired) electrons. The SMILES string of the molecule is Cc1cccc(C(=O)N2CCCN(C(=O)CCc3ccccc3N)CC2)c1. The van der Waals surface area contributed by atoms with Gasteiger partial charge in [-0.25, -0.2) is 0 Å². The summed E-state index contributed by atoms with van der Waals surface area (Å²) in [6, 6.07) is 15.3. The van der Waals surface area contributed by atoms with Gasteiger partial charge in [-0.1, -0.05) is 35.9 Å². The van der Waals surface area contributed by atoms with Gasteiger partial charge in [0.25, 0.3) is 5.91 Å². The molecule has 1 heterocycles. The molecule has 0 unspecified atom stereocenters. The summed E-state index contributed by atoms with van der Waals surface area (Å²) in [5.41, 5.74) is 9.50. The molecule has 2 aromatic rings. The van der Waals surface area contributed by atoms with Crippen molar-refractivity contribution in [3.05, 3.63) is 65.2 Å². The second-order valence-corrected chi connectivity index (χ2v) is 7.09. The molecule has 0 aromatic heterocycles. The molecule has 142 valence electrons. The molecule has 2 aromatic carbocycles. The minimum absolute atomic E-state index is 0.0464. The van der Waals surface area contributed by atoms with Crippen LogP contribution in [0.5, 0.6) is 0 Å². The lowest BCUT2D eigenvalue weighted by atomic mass is 10.1. The zero-order valence-corrected chi connectivity index (χ0v) is 15.9. The predicted octanol–water partition coefficient (Wildman–Crippen LogP) is 2.88. The van der Waals surface area contributed by atoms with Crippen LogP contribution in [0.2, 0.25) is 0 Å². The van der Waals surface area contributed by atoms with Gasteiger partial charge >= 0.3 is 0 Å². The number of nitrogens with two attached hydrogens (primary N) is 1. The Morgan fingerprint density at radius 2 is 1.70 bits per heavy atom. The van der Waals surface area contributed by atoms with Crippen LogP contribution in [0.1, 0.15) is 34.3 Å². The molecule has 2 N–H and O–H groups in total. The average Bonchev–Trinajstić information content (AvgIpc) is 2.93. The van der Waals surface area contributed by atoms with E-state index in [0.29, 0.717) is 44.6 Å². The fraction of sp³-hybridized carbons (Fsp3) is 0.364. The van der Waals surface area contributed by atoms with E-state index < -0.39 is 0 Å². The van der Waals surface area contributed by atoms with Crippen LogP contribution >= 0.6 is 0 Å². The summed E-state index contributed by atoms with van der Waals surface area (Å²) in [6.07, 6.45) is 1.89. The Bertz CT molecular complexity index is 819. The lowest BCUT2D eigenvalue weighted by Crippen LogP contribution is -2.37. The van der Waals surface area contributed by atoms with Crippen LogP contribution in [0.4, 0.5) is 5.69 Å². The largest absolute Gasteiger partial charge is 0.399 e. The van der Waals surface area contributed by atoms with E-state index in [9.17, 15) is 9.59 Å². The zero-order valence-electron chi connectivity index (χ0n) is 15.9. The highest BCUT2D eigenvalue weighted by Crippen LogP contribution is 2.15. The number of nitrogens with zero attached hydrogens (tertiary/aromatic N) is 2. The summed E-state index contributed by atoms with van der Waals surface area (Å²) in [5, 5.41) is 0. The maximum absolute atomic E-state index is 12.7. The van der Waals surface area contributed by atoms with E-state index in [0.717, 1.165) is 23.2 Å². The maximum atomic E-state index is 12.7. The molecule has 5 nitrogen and oxygen atoms in total. The first-order chi connectivity index (χ1) is 13.0. The number of nitrogen functional groups attached to an aromatic ring is 1. The molecule has 0 atom stereocenters. The number of para-hydroxylation sites is 1. The minimum atomic E-state index is 0.0464. The molecule has 3 rings (SSSR count). The summed E-state index contributed by atoms with van der Waals surface area (Å²) in [4.78, 5) is 29.1. The molecule has 0 aliphatic carbocycles. The average molecular weight is 365 g/mol. The predicted molar refractivity (Wildman–Crippen MR) is 107 cm³/mol. The first-order valence-corrected chi connectivity index (χ1v) is 9.51. The summed E-state index contributed by atoms with van der Waals surface area (Å²) in [7, 11) is 0. The smallest absolute Gasteiger partial charge is 0.253 e. The van der Waals surface area contributed by atoms with E-state index in [1.807, 2.05) is 65.3 Å². The number of carbonyl (C=O) groups excluding carboxylic acids is 2. The highest BCUT2D eigenvalue weighted by Gasteiger charge is 2.22. The monoisotopic (exact) mass is 365 g/mol. The standard InChI is InChI=1S/C22H27N3O2/c1-17-6-4-8-19(16-17)22(27)25-13-5-12-24(14-15-25)21(26)11-10-18-7-2-3-9-20(18)23/h2-4,6-9,16H,5,10-15,23H2,1H3. The number of anilines is 1. The molecular weight excluding hydrogens is 338 g/mol. The second-order valence-electron chi connectivity index (χ2n) is 7.09. The third kappa shape index (κ3) is 4.88. The Labute approximate surface area is 160 Å². The van der Waals surface area contributed by atoms with Crippen LogP contribution in [0.25, 0.3) is 0 Å². The van der Waals surface area contributed by atoms with Gasteiger partial charge < -0.3 is 15.5 Å². The summed E-state index contributed by atoms with van der Waals surface area (Å²) >= 11 is 0. The van der Waals surface area contributed by atoms with Crippen molar-refractivity contribution >= 4 is 17.5 Å². The molecule has 5 heteroatoms. The van der Waals surface area contributed by atoms with Crippen LogP contribution in [-0.2, 0) is 11.2 Å². The number of hydrogen-bond acceptors (Lipinski definition) is 3. The van der Waals surface area contributed by atoms with Crippen LogP contribution in [0, 0.1) is 6.92 Å². The molecule has 27 heavy (non-hydrogen) atoms. The van der Waals surface area contributed by atoms with Crippen molar-refractivity contribution in [2.24, 2.45) is 0 Å². The number of hydrogen-bond donors (Lipinski definition) is 1. The molecule has 1 aliphatic heterocycles. The number of aryl methyl sites for hydroxylation is 2. The summed E-state index contributed by atoms with van der Waals surface area (Å²) < 4.78 is 0. The first kappa shape index (κ1) is 19.0. The third-order valence-corrected chi connectivity index (χ3v) is 5.06. The lowest BCUT2D eigenvalue weighted by molar-refractivity contribution is -0.131. The van der Waals surface area contributed by atoms with Crippen molar-refractivity contribution in [2.45, 2.75) is 26.2 Å². The fourth-order valence-corrected chi connectivity index (χ4v) is 3.49. The Morgan fingerprint density at radius 3 is 2.48 bits per heavy atom. The normalized spacial score (nSPS) is 14.7. The van der Waals surface area contributed by atoms with E-state index in [-0.39, 0.29) is 11.8 Å². The van der Waals surface area contributed by atoms with Crippen LogP contribution in [0.15, 0.2) is 48.5 Å². The second kappa shape index (κ2) is 8.71. The van der Waals surface area contributed by atoms with E-state index >= 15 is 0 Å². The van der Waals surface area contributed by atoms with Gasteiger partial charge in [0.1, 0.15) is 0 Å². The van der Waals surface area contributed by atoms with Gasteiger partial charge in [0.2, 0.25) is 5.91 Å². The molecule has 0 spiro atoms. The Balaban J connectivity index is 1.55. The van der Waals surface area contributed by atoms with E-state index in [4.69, 9.17) is 5.73 Å². The van der Waals surface area contributed by atoms with Gasteiger partial charge in [-0.2, -0.15) is 0 Å². The van der Waals surface area contributed by atoms with Crippen molar-refractivity contribution in [3.63, 3.8) is 0 Å². The molecule has 1 fully saturated rings. The van der Waals surface area contributed by atoms with E-state index in [1.54, 1.807) is 0 Å². The fourth-order valence-electron chi connectivity index (χ4n) is 3.49. The van der Waals surface area contributed by atoms with Crippen LogP contribution < -0.4 is 5.73 Å². The Morgan fingerprint density at radius 1 is 0.963 bits per heavy atom. The van der Waals surface area contributed by atoms with Gasteiger partial charge in [0, 0.05) is 43.9 Å². The van der Waals surface area contributed by atoms with Gasteiger partial charge in [-0.15, -0.1) is 0 Å².